The zero-order valence-electron chi connectivity index (χ0n) is 15.2. The lowest BCUT2D eigenvalue weighted by molar-refractivity contribution is 0.0377. The Morgan fingerprint density at radius 3 is 2.81 bits per heavy atom. The molecule has 0 aromatic heterocycles. The molecule has 2 heterocycles. The summed E-state index contributed by atoms with van der Waals surface area (Å²) in [5, 5.41) is 3.60. The molecule has 140 valence electrons. The van der Waals surface area contributed by atoms with E-state index in [-0.39, 0.29) is 12.1 Å². The average Bonchev–Trinajstić information content (AvgIpc) is 2.63. The van der Waals surface area contributed by atoms with Crippen molar-refractivity contribution in [2.45, 2.75) is 32.0 Å². The van der Waals surface area contributed by atoms with E-state index in [2.05, 4.69) is 5.32 Å². The van der Waals surface area contributed by atoms with Gasteiger partial charge in [0.1, 0.15) is 5.75 Å². The van der Waals surface area contributed by atoms with Gasteiger partial charge in [0.25, 0.3) is 0 Å². The molecule has 4 rings (SSSR count). The second-order valence-electron chi connectivity index (χ2n) is 7.00. The van der Waals surface area contributed by atoms with Crippen LogP contribution in [0.25, 0.3) is 0 Å². The number of hydrogen-bond donors (Lipinski definition) is 1. The summed E-state index contributed by atoms with van der Waals surface area (Å²) in [6.07, 6.45) is 0.530. The third-order valence-electron chi connectivity index (χ3n) is 5.11. The molecular formula is C20H19ClN2O4. The van der Waals surface area contributed by atoms with E-state index < -0.39 is 11.7 Å². The summed E-state index contributed by atoms with van der Waals surface area (Å²) in [6, 6.07) is 10.1. The minimum absolute atomic E-state index is 0.256. The Labute approximate surface area is 162 Å². The van der Waals surface area contributed by atoms with E-state index in [4.69, 9.17) is 21.1 Å². The Morgan fingerprint density at radius 2 is 2.11 bits per heavy atom. The summed E-state index contributed by atoms with van der Waals surface area (Å²) in [5.74, 6) is 0.203. The number of hydrogen-bond acceptors (Lipinski definition) is 4. The highest BCUT2D eigenvalue weighted by Gasteiger charge is 2.50. The van der Waals surface area contributed by atoms with Crippen molar-refractivity contribution in [1.29, 1.82) is 0 Å². The average molecular weight is 387 g/mol. The van der Waals surface area contributed by atoms with Crippen molar-refractivity contribution in [2.24, 2.45) is 0 Å². The van der Waals surface area contributed by atoms with Crippen LogP contribution in [0.15, 0.2) is 36.4 Å². The Morgan fingerprint density at radius 1 is 1.33 bits per heavy atom. The van der Waals surface area contributed by atoms with Crippen LogP contribution in [-0.2, 0) is 4.74 Å². The number of esters is 1. The van der Waals surface area contributed by atoms with Gasteiger partial charge in [-0.25, -0.2) is 9.59 Å². The molecule has 2 aliphatic rings. The fraction of sp³-hybridized carbons (Fsp3) is 0.300. The van der Waals surface area contributed by atoms with E-state index in [1.54, 1.807) is 29.2 Å². The molecule has 2 aromatic carbocycles. The van der Waals surface area contributed by atoms with Crippen molar-refractivity contribution in [3.63, 3.8) is 0 Å². The molecule has 0 aliphatic carbocycles. The number of rotatable bonds is 2. The Bertz CT molecular complexity index is 961. The number of ether oxygens (including phenoxy) is 2. The fourth-order valence-corrected chi connectivity index (χ4v) is 3.91. The van der Waals surface area contributed by atoms with E-state index in [9.17, 15) is 9.59 Å². The van der Waals surface area contributed by atoms with Crippen molar-refractivity contribution in [3.05, 3.63) is 58.1 Å². The van der Waals surface area contributed by atoms with Gasteiger partial charge in [-0.1, -0.05) is 17.7 Å². The lowest BCUT2D eigenvalue weighted by Crippen LogP contribution is -2.65. The molecule has 2 amide bonds. The van der Waals surface area contributed by atoms with Crippen LogP contribution in [0.3, 0.4) is 0 Å². The third kappa shape index (κ3) is 2.80. The molecule has 2 bridgehead atoms. The van der Waals surface area contributed by atoms with Gasteiger partial charge in [0.15, 0.2) is 5.72 Å². The lowest BCUT2D eigenvalue weighted by Gasteiger charge is -2.50. The molecule has 2 aromatic rings. The van der Waals surface area contributed by atoms with Crippen molar-refractivity contribution < 1.29 is 19.1 Å². The monoisotopic (exact) mass is 386 g/mol. The summed E-state index contributed by atoms with van der Waals surface area (Å²) in [6.45, 7) is 3.79. The molecule has 0 saturated carbocycles. The third-order valence-corrected chi connectivity index (χ3v) is 5.51. The quantitative estimate of drug-likeness (QED) is 0.785. The minimum atomic E-state index is -0.870. The zero-order valence-corrected chi connectivity index (χ0v) is 16.0. The number of nitrogens with zero attached hydrogens (tertiary/aromatic N) is 1. The largest absolute Gasteiger partial charge is 0.467 e. The zero-order chi connectivity index (χ0) is 19.3. The number of nitrogens with one attached hydrogen (secondary N) is 1. The van der Waals surface area contributed by atoms with Gasteiger partial charge in [0.2, 0.25) is 0 Å². The molecule has 7 heteroatoms. The fourth-order valence-electron chi connectivity index (χ4n) is 3.73. The van der Waals surface area contributed by atoms with E-state index in [0.717, 1.165) is 11.1 Å². The number of urea groups is 1. The van der Waals surface area contributed by atoms with Gasteiger partial charge in [-0.2, -0.15) is 0 Å². The van der Waals surface area contributed by atoms with Gasteiger partial charge < -0.3 is 14.8 Å². The Hall–Kier alpha value is -2.73. The molecule has 0 unspecified atom stereocenters. The number of carbonyl (C=O) groups excluding carboxylic acids is 2. The summed E-state index contributed by atoms with van der Waals surface area (Å²) in [5.41, 5.74) is 1.92. The predicted molar refractivity (Wildman–Crippen MR) is 101 cm³/mol. The SMILES string of the molecule is COC(=O)c1ccc2c(c1)[C@@H]1C[C@@](C)(O2)N(c2ccc(C)c(Cl)c2)C(=O)N1. The minimum Gasteiger partial charge on any atom is -0.467 e. The van der Waals surface area contributed by atoms with Gasteiger partial charge in [0.05, 0.1) is 24.4 Å². The van der Waals surface area contributed by atoms with Crippen LogP contribution in [0.4, 0.5) is 10.5 Å². The van der Waals surface area contributed by atoms with Crippen LogP contribution >= 0.6 is 11.6 Å². The topological polar surface area (TPSA) is 67.9 Å². The normalized spacial score (nSPS) is 23.2. The first-order valence-corrected chi connectivity index (χ1v) is 8.98. The molecular weight excluding hydrogens is 368 g/mol. The van der Waals surface area contributed by atoms with Gasteiger partial charge in [-0.3, -0.25) is 4.90 Å². The van der Waals surface area contributed by atoms with Crippen LogP contribution < -0.4 is 15.0 Å². The summed E-state index contributed by atoms with van der Waals surface area (Å²) < 4.78 is 11.0. The first-order valence-electron chi connectivity index (χ1n) is 8.60. The van der Waals surface area contributed by atoms with Crippen molar-refractivity contribution >= 4 is 29.3 Å². The summed E-state index contributed by atoms with van der Waals surface area (Å²) in [7, 11) is 1.34. The number of anilines is 1. The summed E-state index contributed by atoms with van der Waals surface area (Å²) >= 11 is 6.26. The maximum Gasteiger partial charge on any atom is 0.337 e. The highest BCUT2D eigenvalue weighted by atomic mass is 35.5. The van der Waals surface area contributed by atoms with Crippen molar-refractivity contribution in [2.75, 3.05) is 12.0 Å². The highest BCUT2D eigenvalue weighted by molar-refractivity contribution is 6.31. The van der Waals surface area contributed by atoms with Gasteiger partial charge in [-0.15, -0.1) is 0 Å². The molecule has 1 fully saturated rings. The predicted octanol–water partition coefficient (Wildman–Crippen LogP) is 4.20. The molecule has 27 heavy (non-hydrogen) atoms. The molecule has 2 atom stereocenters. The number of amides is 2. The summed E-state index contributed by atoms with van der Waals surface area (Å²) in [4.78, 5) is 26.3. The molecule has 0 spiro atoms. The van der Waals surface area contributed by atoms with Crippen LogP contribution in [-0.4, -0.2) is 24.8 Å². The standard InChI is InChI=1S/C20H19ClN2O4/c1-11-4-6-13(9-15(11)21)23-19(25)22-16-10-20(23,2)27-17-7-5-12(8-14(16)17)18(24)26-3/h4-9,16H,10H2,1-3H3,(H,22,25)/t16-,20+/m0/s1. The highest BCUT2D eigenvalue weighted by Crippen LogP contribution is 2.46. The maximum atomic E-state index is 12.9. The van der Waals surface area contributed by atoms with Crippen LogP contribution in [0, 0.1) is 6.92 Å². The van der Waals surface area contributed by atoms with E-state index in [1.165, 1.54) is 7.11 Å². The van der Waals surface area contributed by atoms with Crippen molar-refractivity contribution in [3.8, 4) is 5.75 Å². The van der Waals surface area contributed by atoms with Crippen LogP contribution in [0.5, 0.6) is 5.75 Å². The molecule has 6 nitrogen and oxygen atoms in total. The van der Waals surface area contributed by atoms with E-state index in [1.807, 2.05) is 26.0 Å². The molecule has 1 saturated heterocycles. The smallest absolute Gasteiger partial charge is 0.337 e. The first-order chi connectivity index (χ1) is 12.8. The maximum absolute atomic E-state index is 12.9. The second kappa shape index (κ2) is 6.16. The Balaban J connectivity index is 1.76. The lowest BCUT2D eigenvalue weighted by atomic mass is 9.89. The number of aryl methyl sites for hydroxylation is 1. The van der Waals surface area contributed by atoms with Gasteiger partial charge in [-0.05, 0) is 49.7 Å². The Kier molecular flexibility index (Phi) is 4.03. The molecule has 2 aliphatic heterocycles. The number of benzene rings is 2. The van der Waals surface area contributed by atoms with E-state index >= 15 is 0 Å². The number of halogens is 1. The second-order valence-corrected chi connectivity index (χ2v) is 7.40. The van der Waals surface area contributed by atoms with Crippen molar-refractivity contribution in [1.82, 2.24) is 5.32 Å². The van der Waals surface area contributed by atoms with Crippen LogP contribution in [0.1, 0.15) is 40.9 Å². The van der Waals surface area contributed by atoms with Crippen LogP contribution in [0.2, 0.25) is 5.02 Å². The molecule has 1 N–H and O–H groups in total. The van der Waals surface area contributed by atoms with Gasteiger partial charge >= 0.3 is 12.0 Å². The van der Waals surface area contributed by atoms with E-state index in [0.29, 0.717) is 28.4 Å². The number of fused-ring (bicyclic) bond motifs is 4. The first kappa shape index (κ1) is 17.7. The van der Waals surface area contributed by atoms with Gasteiger partial charge in [0, 0.05) is 17.0 Å². The number of carbonyl (C=O) groups is 2. The molecule has 0 radical (unpaired) electrons. The number of methoxy groups -OCH3 is 1.